The van der Waals surface area contributed by atoms with Crippen LogP contribution in [0.3, 0.4) is 0 Å². The maximum atomic E-state index is 4.51. The number of nitrogens with zero attached hydrogens (tertiary/aromatic N) is 5. The fourth-order valence-corrected chi connectivity index (χ4v) is 4.99. The molecular weight excluding hydrogens is 310 g/mol. The highest BCUT2D eigenvalue weighted by molar-refractivity contribution is 5.45. The van der Waals surface area contributed by atoms with Crippen molar-refractivity contribution >= 4 is 5.65 Å². The van der Waals surface area contributed by atoms with Crippen LogP contribution in [0.1, 0.15) is 56.9 Å². The Morgan fingerprint density at radius 1 is 1.08 bits per heavy atom. The van der Waals surface area contributed by atoms with Gasteiger partial charge in [-0.2, -0.15) is 5.10 Å². The minimum atomic E-state index is 0.393. The van der Waals surface area contributed by atoms with Gasteiger partial charge in [0, 0.05) is 36.6 Å². The molecule has 0 unspecified atom stereocenters. The van der Waals surface area contributed by atoms with Crippen molar-refractivity contribution in [1.82, 2.24) is 24.4 Å². The van der Waals surface area contributed by atoms with Gasteiger partial charge in [-0.3, -0.25) is 4.90 Å². The van der Waals surface area contributed by atoms with Crippen molar-refractivity contribution < 1.29 is 0 Å². The summed E-state index contributed by atoms with van der Waals surface area (Å²) < 4.78 is 1.88. The summed E-state index contributed by atoms with van der Waals surface area (Å²) in [7, 11) is 2.27. The lowest BCUT2D eigenvalue weighted by Crippen LogP contribution is -2.57. The first-order valence-corrected chi connectivity index (χ1v) is 9.98. The zero-order chi connectivity index (χ0) is 17.1. The first kappa shape index (κ1) is 17.0. The monoisotopic (exact) mass is 341 g/mol. The van der Waals surface area contributed by atoms with Crippen LogP contribution < -0.4 is 0 Å². The Morgan fingerprint density at radius 2 is 1.84 bits per heavy atom. The van der Waals surface area contributed by atoms with Crippen LogP contribution in [-0.4, -0.2) is 56.6 Å². The highest BCUT2D eigenvalue weighted by Crippen LogP contribution is 2.36. The Labute approximate surface area is 151 Å². The maximum Gasteiger partial charge on any atom is 0.159 e. The van der Waals surface area contributed by atoms with Crippen LogP contribution in [0.2, 0.25) is 0 Å². The third-order valence-corrected chi connectivity index (χ3v) is 6.17. The smallest absolute Gasteiger partial charge is 0.159 e. The predicted octanol–water partition coefficient (Wildman–Crippen LogP) is 3.35. The van der Waals surface area contributed by atoms with Crippen molar-refractivity contribution in [2.24, 2.45) is 0 Å². The molecule has 2 aliphatic rings. The molecule has 0 radical (unpaired) electrons. The molecule has 0 atom stereocenters. The van der Waals surface area contributed by atoms with Crippen molar-refractivity contribution in [3.05, 3.63) is 30.2 Å². The van der Waals surface area contributed by atoms with E-state index in [2.05, 4.69) is 26.9 Å². The molecule has 136 valence electrons. The third-order valence-electron chi connectivity index (χ3n) is 6.17. The van der Waals surface area contributed by atoms with Crippen LogP contribution in [0.25, 0.3) is 5.65 Å². The molecule has 1 saturated carbocycles. The van der Waals surface area contributed by atoms with Gasteiger partial charge in [0.15, 0.2) is 5.65 Å². The molecule has 2 fully saturated rings. The third kappa shape index (κ3) is 3.58. The standard InChI is InChI=1S/C20H31N5/c1-23(16-18-15-22-25-14-8-11-21-19(18)25)17-20(9-4-2-5-10-20)24-12-6-3-7-13-24/h8,11,14-15H,2-7,9-10,12-13,16-17H2,1H3. The van der Waals surface area contributed by atoms with Gasteiger partial charge in [0.05, 0.1) is 6.20 Å². The van der Waals surface area contributed by atoms with Crippen molar-refractivity contribution in [2.45, 2.75) is 63.5 Å². The summed E-state index contributed by atoms with van der Waals surface area (Å²) in [6.45, 7) is 4.69. The van der Waals surface area contributed by atoms with E-state index in [-0.39, 0.29) is 0 Å². The molecule has 1 aliphatic carbocycles. The molecule has 2 aromatic rings. The number of rotatable bonds is 5. The Hall–Kier alpha value is -1.46. The van der Waals surface area contributed by atoms with Crippen LogP contribution in [0.5, 0.6) is 0 Å². The largest absolute Gasteiger partial charge is 0.300 e. The lowest BCUT2D eigenvalue weighted by Gasteiger charge is -2.50. The summed E-state index contributed by atoms with van der Waals surface area (Å²) >= 11 is 0. The maximum absolute atomic E-state index is 4.51. The van der Waals surface area contributed by atoms with Crippen LogP contribution in [0.4, 0.5) is 0 Å². The highest BCUT2D eigenvalue weighted by atomic mass is 15.3. The average molecular weight is 342 g/mol. The van der Waals surface area contributed by atoms with E-state index in [4.69, 9.17) is 0 Å². The highest BCUT2D eigenvalue weighted by Gasteiger charge is 2.39. The number of aromatic nitrogens is 3. The van der Waals surface area contributed by atoms with Gasteiger partial charge in [0.25, 0.3) is 0 Å². The summed E-state index contributed by atoms with van der Waals surface area (Å²) in [6, 6.07) is 1.93. The van der Waals surface area contributed by atoms with Crippen LogP contribution in [-0.2, 0) is 6.54 Å². The van der Waals surface area contributed by atoms with E-state index in [1.165, 1.54) is 70.0 Å². The van der Waals surface area contributed by atoms with Gasteiger partial charge in [0.2, 0.25) is 0 Å². The number of likely N-dealkylation sites (tertiary alicyclic amines) is 1. The van der Waals surface area contributed by atoms with Gasteiger partial charge in [-0.05, 0) is 51.9 Å². The molecule has 0 spiro atoms. The van der Waals surface area contributed by atoms with Crippen molar-refractivity contribution in [2.75, 3.05) is 26.7 Å². The van der Waals surface area contributed by atoms with Gasteiger partial charge >= 0.3 is 0 Å². The van der Waals surface area contributed by atoms with E-state index in [1.807, 2.05) is 29.2 Å². The van der Waals surface area contributed by atoms with Gasteiger partial charge in [-0.25, -0.2) is 9.50 Å². The van der Waals surface area contributed by atoms with Crippen LogP contribution >= 0.6 is 0 Å². The van der Waals surface area contributed by atoms with E-state index in [0.717, 1.165) is 18.7 Å². The molecular formula is C20H31N5. The molecule has 0 N–H and O–H groups in total. The van der Waals surface area contributed by atoms with E-state index in [0.29, 0.717) is 5.54 Å². The lowest BCUT2D eigenvalue weighted by atomic mass is 9.78. The molecule has 0 amide bonds. The first-order valence-electron chi connectivity index (χ1n) is 9.98. The second kappa shape index (κ2) is 7.42. The Kier molecular flexibility index (Phi) is 5.04. The SMILES string of the molecule is CN(Cc1cnn2cccnc12)CC1(N2CCCCC2)CCCCC1. The Bertz CT molecular complexity index is 682. The second-order valence-electron chi connectivity index (χ2n) is 8.06. The molecule has 5 nitrogen and oxygen atoms in total. The molecule has 2 aromatic heterocycles. The van der Waals surface area contributed by atoms with Crippen LogP contribution in [0.15, 0.2) is 24.7 Å². The Balaban J connectivity index is 1.49. The quantitative estimate of drug-likeness (QED) is 0.836. The normalized spacial score (nSPS) is 21.8. The van der Waals surface area contributed by atoms with E-state index in [9.17, 15) is 0 Å². The molecule has 5 heteroatoms. The van der Waals surface area contributed by atoms with Crippen LogP contribution in [0, 0.1) is 0 Å². The lowest BCUT2D eigenvalue weighted by molar-refractivity contribution is 0.00792. The minimum Gasteiger partial charge on any atom is -0.300 e. The summed E-state index contributed by atoms with van der Waals surface area (Å²) in [5.74, 6) is 0. The number of piperidine rings is 1. The molecule has 3 heterocycles. The number of likely N-dealkylation sites (N-methyl/N-ethyl adjacent to an activating group) is 1. The summed E-state index contributed by atoms with van der Waals surface area (Å²) in [6.07, 6.45) is 16.9. The van der Waals surface area contributed by atoms with Gasteiger partial charge in [0.1, 0.15) is 0 Å². The van der Waals surface area contributed by atoms with Gasteiger partial charge < -0.3 is 4.90 Å². The Morgan fingerprint density at radius 3 is 2.64 bits per heavy atom. The molecule has 4 rings (SSSR count). The minimum absolute atomic E-state index is 0.393. The van der Waals surface area contributed by atoms with Gasteiger partial charge in [-0.15, -0.1) is 0 Å². The topological polar surface area (TPSA) is 36.7 Å². The zero-order valence-electron chi connectivity index (χ0n) is 15.5. The summed E-state index contributed by atoms with van der Waals surface area (Å²) in [4.78, 5) is 9.85. The van der Waals surface area contributed by atoms with E-state index < -0.39 is 0 Å². The molecule has 0 aromatic carbocycles. The molecule has 0 bridgehead atoms. The number of hydrogen-bond acceptors (Lipinski definition) is 4. The molecule has 1 saturated heterocycles. The average Bonchev–Trinajstić information content (AvgIpc) is 3.06. The fourth-order valence-electron chi connectivity index (χ4n) is 4.99. The van der Waals surface area contributed by atoms with E-state index in [1.54, 1.807) is 0 Å². The fraction of sp³-hybridized carbons (Fsp3) is 0.700. The molecule has 1 aliphatic heterocycles. The summed E-state index contributed by atoms with van der Waals surface area (Å²) in [5.41, 5.74) is 2.61. The first-order chi connectivity index (χ1) is 12.3. The summed E-state index contributed by atoms with van der Waals surface area (Å²) in [5, 5.41) is 4.44. The second-order valence-corrected chi connectivity index (χ2v) is 8.06. The van der Waals surface area contributed by atoms with Crippen molar-refractivity contribution in [1.29, 1.82) is 0 Å². The molecule has 25 heavy (non-hydrogen) atoms. The number of fused-ring (bicyclic) bond motifs is 1. The van der Waals surface area contributed by atoms with Crippen molar-refractivity contribution in [3.63, 3.8) is 0 Å². The van der Waals surface area contributed by atoms with E-state index >= 15 is 0 Å². The van der Waals surface area contributed by atoms with Gasteiger partial charge in [-0.1, -0.05) is 25.7 Å². The van der Waals surface area contributed by atoms with Crippen molar-refractivity contribution in [3.8, 4) is 0 Å². The zero-order valence-corrected chi connectivity index (χ0v) is 15.5. The number of hydrogen-bond donors (Lipinski definition) is 0. The predicted molar refractivity (Wildman–Crippen MR) is 101 cm³/mol.